The van der Waals surface area contributed by atoms with Gasteiger partial charge in [-0.15, -0.1) is 11.3 Å². The molecule has 0 radical (unpaired) electrons. The highest BCUT2D eigenvalue weighted by atomic mass is 32.1. The molecule has 1 aromatic heterocycles. The van der Waals surface area contributed by atoms with Crippen molar-refractivity contribution < 1.29 is 19.1 Å². The molecule has 0 bridgehead atoms. The van der Waals surface area contributed by atoms with Gasteiger partial charge in [0.2, 0.25) is 5.91 Å². The maximum absolute atomic E-state index is 13.8. The molecule has 200 valence electrons. The predicted octanol–water partition coefficient (Wildman–Crippen LogP) is 5.58. The van der Waals surface area contributed by atoms with Gasteiger partial charge in [-0.25, -0.2) is 4.79 Å². The van der Waals surface area contributed by atoms with Crippen LogP contribution in [0.25, 0.3) is 0 Å². The molecule has 2 aliphatic rings. The molecule has 2 atom stereocenters. The first-order chi connectivity index (χ1) is 18.5. The van der Waals surface area contributed by atoms with Crippen LogP contribution in [-0.4, -0.2) is 60.7 Å². The molecule has 1 N–H and O–H groups in total. The second-order valence-corrected chi connectivity index (χ2v) is 11.1. The number of amides is 3. The van der Waals surface area contributed by atoms with E-state index in [1.807, 2.05) is 67.3 Å². The molecule has 1 fully saturated rings. The third-order valence-electron chi connectivity index (χ3n) is 7.21. The lowest BCUT2D eigenvalue weighted by Gasteiger charge is -2.37. The molecule has 0 unspecified atom stereocenters. The number of nitrogens with one attached hydrogen (secondary N) is 1. The third kappa shape index (κ3) is 6.37. The lowest BCUT2D eigenvalue weighted by molar-refractivity contribution is -0.135. The first-order valence-electron chi connectivity index (χ1n) is 13.3. The maximum atomic E-state index is 13.8. The Kier molecular flexibility index (Phi) is 8.29. The van der Waals surface area contributed by atoms with Gasteiger partial charge >= 0.3 is 6.03 Å². The van der Waals surface area contributed by atoms with E-state index < -0.39 is 0 Å². The van der Waals surface area contributed by atoms with Crippen LogP contribution in [0.3, 0.4) is 0 Å². The van der Waals surface area contributed by atoms with E-state index in [9.17, 15) is 9.59 Å². The Morgan fingerprint density at radius 2 is 1.82 bits per heavy atom. The summed E-state index contributed by atoms with van der Waals surface area (Å²) in [4.78, 5) is 31.9. The fourth-order valence-electron chi connectivity index (χ4n) is 5.03. The molecule has 2 aliphatic heterocycles. The zero-order valence-corrected chi connectivity index (χ0v) is 22.8. The van der Waals surface area contributed by atoms with Crippen molar-refractivity contribution in [3.05, 3.63) is 81.5 Å². The van der Waals surface area contributed by atoms with Crippen molar-refractivity contribution in [3.63, 3.8) is 0 Å². The second kappa shape index (κ2) is 12.0. The highest BCUT2D eigenvalue weighted by Crippen LogP contribution is 2.34. The lowest BCUT2D eigenvalue weighted by atomic mass is 10.0. The molecule has 38 heavy (non-hydrogen) atoms. The van der Waals surface area contributed by atoms with Gasteiger partial charge in [0.15, 0.2) is 0 Å². The largest absolute Gasteiger partial charge is 0.491 e. The zero-order valence-electron chi connectivity index (χ0n) is 22.0. The summed E-state index contributed by atoms with van der Waals surface area (Å²) < 4.78 is 12.0. The van der Waals surface area contributed by atoms with E-state index in [1.165, 1.54) is 10.4 Å². The van der Waals surface area contributed by atoms with E-state index in [2.05, 4.69) is 16.8 Å². The van der Waals surface area contributed by atoms with Crippen molar-refractivity contribution in [1.29, 1.82) is 0 Å². The number of fused-ring (bicyclic) bond motifs is 1. The average molecular weight is 534 g/mol. The molecule has 0 saturated carbocycles. The van der Waals surface area contributed by atoms with Crippen LogP contribution in [0.5, 0.6) is 5.75 Å². The molecule has 8 heteroatoms. The van der Waals surface area contributed by atoms with Crippen molar-refractivity contribution in [2.45, 2.75) is 45.3 Å². The number of hydrogen-bond acceptors (Lipinski definition) is 5. The number of urea groups is 1. The molecule has 5 rings (SSSR count). The van der Waals surface area contributed by atoms with Crippen molar-refractivity contribution in [2.24, 2.45) is 0 Å². The molecular formula is C30H35N3O4S. The molecule has 1 saturated heterocycles. The van der Waals surface area contributed by atoms with Crippen molar-refractivity contribution in [2.75, 3.05) is 38.2 Å². The SMILES string of the molecule is Cc1ccc(NC(=O)N(CC(=O)N2CCc3sccc3[C@H]2COc2ccc(C)cc2)C[C@H]2CCCO2)cc1. The number of benzene rings is 2. The lowest BCUT2D eigenvalue weighted by Crippen LogP contribution is -2.50. The normalized spacial score (nSPS) is 18.6. The quantitative estimate of drug-likeness (QED) is 0.410. The van der Waals surface area contributed by atoms with Crippen LogP contribution in [0.15, 0.2) is 60.0 Å². The van der Waals surface area contributed by atoms with Crippen LogP contribution in [0.1, 0.15) is 40.5 Å². The number of rotatable bonds is 8. The van der Waals surface area contributed by atoms with Gasteiger partial charge in [0.05, 0.1) is 12.1 Å². The Morgan fingerprint density at radius 1 is 1.08 bits per heavy atom. The van der Waals surface area contributed by atoms with Crippen LogP contribution >= 0.6 is 11.3 Å². The summed E-state index contributed by atoms with van der Waals surface area (Å²) in [6, 6.07) is 17.2. The Labute approximate surface area is 228 Å². The molecule has 2 aromatic carbocycles. The van der Waals surface area contributed by atoms with Gasteiger partial charge < -0.3 is 24.6 Å². The van der Waals surface area contributed by atoms with E-state index in [4.69, 9.17) is 9.47 Å². The minimum Gasteiger partial charge on any atom is -0.491 e. The van der Waals surface area contributed by atoms with E-state index in [0.717, 1.165) is 36.1 Å². The van der Waals surface area contributed by atoms with E-state index >= 15 is 0 Å². The van der Waals surface area contributed by atoms with E-state index in [-0.39, 0.29) is 30.6 Å². The molecule has 3 amide bonds. The Bertz CT molecular complexity index is 1240. The smallest absolute Gasteiger partial charge is 0.322 e. The monoisotopic (exact) mass is 533 g/mol. The minimum atomic E-state index is -0.293. The van der Waals surface area contributed by atoms with Crippen molar-refractivity contribution >= 4 is 29.0 Å². The van der Waals surface area contributed by atoms with Crippen molar-refractivity contribution in [3.8, 4) is 5.75 Å². The zero-order chi connectivity index (χ0) is 26.5. The van der Waals surface area contributed by atoms with E-state index in [0.29, 0.717) is 32.0 Å². The van der Waals surface area contributed by atoms with Crippen LogP contribution in [0.4, 0.5) is 10.5 Å². The van der Waals surface area contributed by atoms with Crippen LogP contribution in [-0.2, 0) is 16.0 Å². The summed E-state index contributed by atoms with van der Waals surface area (Å²) in [7, 11) is 0. The number of thiophene rings is 1. The molecule has 3 aromatic rings. The molecule has 0 aliphatic carbocycles. The summed E-state index contributed by atoms with van der Waals surface area (Å²) in [5.41, 5.74) is 4.13. The molecule has 3 heterocycles. The number of aryl methyl sites for hydroxylation is 2. The molecular weight excluding hydrogens is 498 g/mol. The fourth-order valence-corrected chi connectivity index (χ4v) is 5.96. The summed E-state index contributed by atoms with van der Waals surface area (Å²) >= 11 is 1.72. The van der Waals surface area contributed by atoms with Crippen LogP contribution in [0, 0.1) is 13.8 Å². The minimum absolute atomic E-state index is 0.0158. The summed E-state index contributed by atoms with van der Waals surface area (Å²) in [5, 5.41) is 5.04. The first kappa shape index (κ1) is 26.3. The number of ether oxygens (including phenoxy) is 2. The Morgan fingerprint density at radius 3 is 2.53 bits per heavy atom. The van der Waals surface area contributed by atoms with Gasteiger partial charge in [0.1, 0.15) is 18.9 Å². The number of anilines is 1. The summed E-state index contributed by atoms with van der Waals surface area (Å²) in [6.45, 7) is 6.06. The van der Waals surface area contributed by atoms with Gasteiger partial charge in [0, 0.05) is 30.3 Å². The number of carbonyl (C=O) groups excluding carboxylic acids is 2. The Hall–Kier alpha value is -3.36. The standard InChI is InChI=1S/C30H35N3O4S/c1-21-5-9-23(10-6-21)31-30(35)32(18-25-4-3-16-36-25)19-29(34)33-15-13-28-26(14-17-38-28)27(33)20-37-24-11-7-22(2)8-12-24/h5-12,14,17,25,27H,3-4,13,15-16,18-20H2,1-2H3,(H,31,35)/t25-,27-/m1/s1. The van der Waals surface area contributed by atoms with Crippen LogP contribution in [0.2, 0.25) is 0 Å². The molecule has 7 nitrogen and oxygen atoms in total. The first-order valence-corrected chi connectivity index (χ1v) is 14.1. The second-order valence-electron chi connectivity index (χ2n) is 10.1. The average Bonchev–Trinajstić information content (AvgIpc) is 3.61. The highest BCUT2D eigenvalue weighted by Gasteiger charge is 2.34. The van der Waals surface area contributed by atoms with Gasteiger partial charge in [-0.2, -0.15) is 0 Å². The van der Waals surface area contributed by atoms with Gasteiger partial charge in [0.25, 0.3) is 0 Å². The number of carbonyl (C=O) groups is 2. The highest BCUT2D eigenvalue weighted by molar-refractivity contribution is 7.10. The van der Waals surface area contributed by atoms with Gasteiger partial charge in [-0.05, 0) is 74.4 Å². The summed E-state index contributed by atoms with van der Waals surface area (Å²) in [6.07, 6.45) is 2.60. The number of nitrogens with zero attached hydrogens (tertiary/aromatic N) is 2. The van der Waals surface area contributed by atoms with E-state index in [1.54, 1.807) is 16.2 Å². The fraction of sp³-hybridized carbons (Fsp3) is 0.400. The third-order valence-corrected chi connectivity index (χ3v) is 8.20. The maximum Gasteiger partial charge on any atom is 0.322 e. The number of hydrogen-bond donors (Lipinski definition) is 1. The van der Waals surface area contributed by atoms with Crippen LogP contribution < -0.4 is 10.1 Å². The molecule has 0 spiro atoms. The van der Waals surface area contributed by atoms with Crippen molar-refractivity contribution in [1.82, 2.24) is 9.80 Å². The van der Waals surface area contributed by atoms with Gasteiger partial charge in [-0.1, -0.05) is 35.4 Å². The summed E-state index contributed by atoms with van der Waals surface area (Å²) in [5.74, 6) is 0.694. The Balaban J connectivity index is 1.31. The predicted molar refractivity (Wildman–Crippen MR) is 150 cm³/mol. The topological polar surface area (TPSA) is 71.1 Å². The van der Waals surface area contributed by atoms with Gasteiger partial charge in [-0.3, -0.25) is 4.79 Å².